The van der Waals surface area contributed by atoms with Crippen molar-refractivity contribution >= 4 is 12.6 Å². The molecule has 0 aliphatic heterocycles. The Morgan fingerprint density at radius 2 is 1.14 bits per heavy atom. The summed E-state index contributed by atoms with van der Waals surface area (Å²) in [6.45, 7) is 0. The van der Waals surface area contributed by atoms with E-state index in [-0.39, 0.29) is 22.6 Å². The Balaban J connectivity index is 0.000000211. The molecule has 21 heavy (non-hydrogen) atoms. The summed E-state index contributed by atoms with van der Waals surface area (Å²) in [5, 5.41) is 44.3. The van der Waals surface area contributed by atoms with Crippen molar-refractivity contribution < 1.29 is 35.1 Å². The summed E-state index contributed by atoms with van der Waals surface area (Å²) in [5.41, 5.74) is 0.0419. The predicted octanol–water partition coefficient (Wildman–Crippen LogP) is 1.53. The number of aromatic hydroxyl groups is 5. The maximum absolute atomic E-state index is 10.1. The number of para-hydroxylation sites is 1. The highest BCUT2D eigenvalue weighted by Crippen LogP contribution is 2.35. The van der Waals surface area contributed by atoms with Crippen molar-refractivity contribution in [2.75, 3.05) is 0 Å². The van der Waals surface area contributed by atoms with Crippen LogP contribution in [0.3, 0.4) is 0 Å². The van der Waals surface area contributed by atoms with E-state index >= 15 is 0 Å². The van der Waals surface area contributed by atoms with Gasteiger partial charge in [-0.2, -0.15) is 0 Å². The first-order valence-electron chi connectivity index (χ1n) is 5.57. The number of hydrogen-bond donors (Lipinski definition) is 5. The monoisotopic (exact) mass is 292 g/mol. The van der Waals surface area contributed by atoms with Crippen LogP contribution in [0, 0.1) is 0 Å². The van der Waals surface area contributed by atoms with E-state index in [1.165, 1.54) is 24.3 Å². The second-order valence-corrected chi connectivity index (χ2v) is 3.82. The lowest BCUT2D eigenvalue weighted by atomic mass is 10.2. The van der Waals surface area contributed by atoms with Crippen LogP contribution in [-0.4, -0.2) is 38.1 Å². The molecule has 5 N–H and O–H groups in total. The summed E-state index contributed by atoms with van der Waals surface area (Å²) in [7, 11) is 0. The maximum Gasteiger partial charge on any atom is 0.201 e. The van der Waals surface area contributed by atoms with Gasteiger partial charge in [0.1, 0.15) is 0 Å². The summed E-state index contributed by atoms with van der Waals surface area (Å²) >= 11 is 0. The first-order valence-corrected chi connectivity index (χ1v) is 5.57. The molecule has 0 heterocycles. The Morgan fingerprint density at radius 1 is 0.619 bits per heavy atom. The standard InChI is InChI=1S/C7H6O4.C7H6O3/c8-3-4-1-2-5(9)7(11)6(4)10;8-4-5-2-1-3-6(9)7(5)10/h1-3,9-11H;1-4,9-10H. The van der Waals surface area contributed by atoms with Crippen LogP contribution in [0.5, 0.6) is 28.7 Å². The summed E-state index contributed by atoms with van der Waals surface area (Å²) in [6.07, 6.45) is 0.865. The van der Waals surface area contributed by atoms with Gasteiger partial charge in [-0.3, -0.25) is 9.59 Å². The first kappa shape index (κ1) is 15.8. The lowest BCUT2D eigenvalue weighted by Gasteiger charge is -2.00. The zero-order chi connectivity index (χ0) is 16.0. The minimum absolute atomic E-state index is 0.0553. The van der Waals surface area contributed by atoms with Crippen molar-refractivity contribution in [1.82, 2.24) is 0 Å². The molecule has 0 saturated heterocycles. The van der Waals surface area contributed by atoms with Gasteiger partial charge in [0.2, 0.25) is 5.75 Å². The van der Waals surface area contributed by atoms with E-state index in [0.717, 1.165) is 6.07 Å². The highest BCUT2D eigenvalue weighted by Gasteiger charge is 2.09. The summed E-state index contributed by atoms with van der Waals surface area (Å²) in [5.74, 6) is -2.36. The van der Waals surface area contributed by atoms with Crippen molar-refractivity contribution in [2.45, 2.75) is 0 Å². The SMILES string of the molecule is O=Cc1ccc(O)c(O)c1O.O=Cc1cccc(O)c1O. The summed E-state index contributed by atoms with van der Waals surface area (Å²) < 4.78 is 0. The largest absolute Gasteiger partial charge is 0.504 e. The Labute approximate surface area is 119 Å². The second-order valence-electron chi connectivity index (χ2n) is 3.82. The van der Waals surface area contributed by atoms with Crippen LogP contribution >= 0.6 is 0 Å². The van der Waals surface area contributed by atoms with Crippen LogP contribution in [0.4, 0.5) is 0 Å². The molecular formula is C14H12O7. The van der Waals surface area contributed by atoms with E-state index < -0.39 is 17.2 Å². The van der Waals surface area contributed by atoms with Crippen LogP contribution in [-0.2, 0) is 0 Å². The van der Waals surface area contributed by atoms with Crippen LogP contribution in [0.1, 0.15) is 20.7 Å². The third-order valence-corrected chi connectivity index (χ3v) is 2.46. The van der Waals surface area contributed by atoms with Gasteiger partial charge in [-0.05, 0) is 24.3 Å². The quantitative estimate of drug-likeness (QED) is 0.418. The van der Waals surface area contributed by atoms with E-state index in [1.54, 1.807) is 0 Å². The molecule has 0 bridgehead atoms. The van der Waals surface area contributed by atoms with Gasteiger partial charge < -0.3 is 25.5 Å². The fourth-order valence-electron chi connectivity index (χ4n) is 1.32. The molecular weight excluding hydrogens is 280 g/mol. The molecule has 7 nitrogen and oxygen atoms in total. The molecule has 0 aliphatic carbocycles. The smallest absolute Gasteiger partial charge is 0.201 e. The highest BCUT2D eigenvalue weighted by molar-refractivity contribution is 5.82. The van der Waals surface area contributed by atoms with E-state index in [0.29, 0.717) is 12.6 Å². The first-order chi connectivity index (χ1) is 9.92. The molecule has 0 fully saturated rings. The molecule has 0 radical (unpaired) electrons. The van der Waals surface area contributed by atoms with Gasteiger partial charge in [0.05, 0.1) is 11.1 Å². The average molecular weight is 292 g/mol. The van der Waals surface area contributed by atoms with E-state index in [2.05, 4.69) is 0 Å². The molecule has 2 rings (SSSR count). The van der Waals surface area contributed by atoms with E-state index in [4.69, 9.17) is 25.5 Å². The van der Waals surface area contributed by atoms with Gasteiger partial charge in [0.15, 0.2) is 35.6 Å². The Bertz CT molecular complexity index is 665. The number of rotatable bonds is 2. The van der Waals surface area contributed by atoms with Gasteiger partial charge in [-0.15, -0.1) is 0 Å². The Morgan fingerprint density at radius 3 is 1.67 bits per heavy atom. The third-order valence-electron chi connectivity index (χ3n) is 2.46. The van der Waals surface area contributed by atoms with Gasteiger partial charge >= 0.3 is 0 Å². The number of carbonyl (C=O) groups excluding carboxylic acids is 2. The minimum Gasteiger partial charge on any atom is -0.504 e. The Kier molecular flexibility index (Phi) is 5.13. The van der Waals surface area contributed by atoms with Crippen molar-refractivity contribution in [3.8, 4) is 28.7 Å². The number of benzene rings is 2. The maximum atomic E-state index is 10.1. The van der Waals surface area contributed by atoms with Gasteiger partial charge in [-0.25, -0.2) is 0 Å². The van der Waals surface area contributed by atoms with Crippen molar-refractivity contribution in [3.63, 3.8) is 0 Å². The molecule has 110 valence electrons. The molecule has 2 aromatic carbocycles. The number of aldehydes is 2. The molecule has 7 heteroatoms. The third kappa shape index (κ3) is 3.63. The van der Waals surface area contributed by atoms with Crippen LogP contribution < -0.4 is 0 Å². The fraction of sp³-hybridized carbons (Fsp3) is 0. The number of carbonyl (C=O) groups is 2. The Hall–Kier alpha value is -3.22. The van der Waals surface area contributed by atoms with Crippen LogP contribution in [0.2, 0.25) is 0 Å². The normalized spacial score (nSPS) is 9.33. The van der Waals surface area contributed by atoms with Crippen molar-refractivity contribution in [1.29, 1.82) is 0 Å². The molecule has 0 aliphatic rings. The lowest BCUT2D eigenvalue weighted by molar-refractivity contribution is 0.111. The molecule has 0 aromatic heterocycles. The van der Waals surface area contributed by atoms with E-state index in [1.807, 2.05) is 0 Å². The van der Waals surface area contributed by atoms with Gasteiger partial charge in [-0.1, -0.05) is 6.07 Å². The predicted molar refractivity (Wildman–Crippen MR) is 72.0 cm³/mol. The number of hydrogen-bond acceptors (Lipinski definition) is 7. The topological polar surface area (TPSA) is 135 Å². The number of phenolic OH excluding ortho intramolecular Hbond substituents is 5. The van der Waals surface area contributed by atoms with Crippen LogP contribution in [0.15, 0.2) is 30.3 Å². The molecule has 0 atom stereocenters. The molecule has 0 amide bonds. The molecule has 2 aromatic rings. The average Bonchev–Trinajstić information content (AvgIpc) is 2.49. The second kappa shape index (κ2) is 6.80. The van der Waals surface area contributed by atoms with Crippen LogP contribution in [0.25, 0.3) is 0 Å². The van der Waals surface area contributed by atoms with E-state index in [9.17, 15) is 9.59 Å². The number of phenols is 5. The van der Waals surface area contributed by atoms with Gasteiger partial charge in [0, 0.05) is 0 Å². The summed E-state index contributed by atoms with van der Waals surface area (Å²) in [6, 6.07) is 6.54. The molecule has 0 spiro atoms. The molecule has 0 saturated carbocycles. The van der Waals surface area contributed by atoms with Gasteiger partial charge in [0.25, 0.3) is 0 Å². The minimum atomic E-state index is -0.672. The fourth-order valence-corrected chi connectivity index (χ4v) is 1.32. The lowest BCUT2D eigenvalue weighted by Crippen LogP contribution is -1.81. The van der Waals surface area contributed by atoms with Crippen molar-refractivity contribution in [3.05, 3.63) is 41.5 Å². The van der Waals surface area contributed by atoms with Crippen molar-refractivity contribution in [2.24, 2.45) is 0 Å². The molecule has 0 unspecified atom stereocenters. The zero-order valence-electron chi connectivity index (χ0n) is 10.6. The summed E-state index contributed by atoms with van der Waals surface area (Å²) in [4.78, 5) is 20.2. The highest BCUT2D eigenvalue weighted by atomic mass is 16.3. The zero-order valence-corrected chi connectivity index (χ0v) is 10.6.